The van der Waals surface area contributed by atoms with Gasteiger partial charge in [-0.1, -0.05) is 129 Å². The average Bonchev–Trinajstić information content (AvgIpc) is 3.12. The van der Waals surface area contributed by atoms with E-state index in [1.807, 2.05) is 0 Å². The van der Waals surface area contributed by atoms with Crippen LogP contribution in [0.3, 0.4) is 0 Å². The van der Waals surface area contributed by atoms with Gasteiger partial charge in [0.15, 0.2) is 0 Å². The van der Waals surface area contributed by atoms with Gasteiger partial charge in [0, 0.05) is 28.2 Å². The van der Waals surface area contributed by atoms with Crippen LogP contribution in [0.15, 0.2) is 66.7 Å². The molecular weight excluding hydrogens is 717 g/mol. The molecular formula is C46H62CoN3O4-. The topological polar surface area (TPSA) is 118 Å². The number of nitrogens with zero attached hydrogens (tertiary/aromatic N) is 1. The van der Waals surface area contributed by atoms with Crippen LogP contribution in [0.4, 0.5) is 11.4 Å². The first-order chi connectivity index (χ1) is 25.1. The van der Waals surface area contributed by atoms with Crippen LogP contribution in [0, 0.1) is 0 Å². The van der Waals surface area contributed by atoms with Crippen LogP contribution >= 0.6 is 0 Å². The summed E-state index contributed by atoms with van der Waals surface area (Å²) < 4.78 is 0. The van der Waals surface area contributed by atoms with Gasteiger partial charge in [-0.2, -0.15) is 0 Å². The zero-order chi connectivity index (χ0) is 39.0. The first-order valence-electron chi connectivity index (χ1n) is 19.6. The van der Waals surface area contributed by atoms with Crippen molar-refractivity contribution in [2.45, 2.75) is 143 Å². The first-order valence-corrected chi connectivity index (χ1v) is 19.6. The summed E-state index contributed by atoms with van der Waals surface area (Å²) in [5.41, 5.74) is 10.5. The number of rotatable bonds is 12. The minimum Gasteiger partial charge on any atom is -0.869 e. The molecule has 1 aromatic heterocycles. The van der Waals surface area contributed by atoms with E-state index < -0.39 is 17.5 Å². The number of aromatic carboxylic acids is 1. The molecule has 2 atom stereocenters. The molecule has 0 bridgehead atoms. The second-order valence-corrected chi connectivity index (χ2v) is 16.0. The number of phenols is 1. The van der Waals surface area contributed by atoms with Crippen molar-refractivity contribution in [3.63, 3.8) is 0 Å². The quantitative estimate of drug-likeness (QED) is 0.113. The Balaban J connectivity index is 0.000000364. The number of hydrogen-bond donors (Lipinski definition) is 4. The van der Waals surface area contributed by atoms with Crippen LogP contribution in [0.2, 0.25) is 0 Å². The first kappa shape index (κ1) is 44.4. The third-order valence-electron chi connectivity index (χ3n) is 10.6. The average molecular weight is 780 g/mol. The Labute approximate surface area is 334 Å². The molecule has 1 aliphatic rings. The van der Waals surface area contributed by atoms with Crippen molar-refractivity contribution in [3.05, 3.63) is 111 Å². The smallest absolute Gasteiger partial charge is 0.335 e. The van der Waals surface area contributed by atoms with Gasteiger partial charge in [-0.3, -0.25) is 4.98 Å². The third kappa shape index (κ3) is 10.8. The fourth-order valence-electron chi connectivity index (χ4n) is 7.53. The van der Waals surface area contributed by atoms with Crippen LogP contribution in [0.25, 0.3) is 0 Å². The summed E-state index contributed by atoms with van der Waals surface area (Å²) in [4.78, 5) is 16.3. The van der Waals surface area contributed by atoms with Gasteiger partial charge in [0.05, 0.1) is 29.0 Å². The van der Waals surface area contributed by atoms with Gasteiger partial charge in [0.2, 0.25) is 0 Å². The van der Waals surface area contributed by atoms with Gasteiger partial charge in [-0.25, -0.2) is 4.79 Å². The van der Waals surface area contributed by atoms with Gasteiger partial charge < -0.3 is 26.0 Å². The molecule has 8 heteroatoms. The number of phenolic OH excluding ortho intramolecular Hbond substituents is 1. The molecule has 295 valence electrons. The predicted octanol–water partition coefficient (Wildman–Crippen LogP) is 12.1. The molecule has 54 heavy (non-hydrogen) atoms. The van der Waals surface area contributed by atoms with Crippen LogP contribution in [0.1, 0.15) is 193 Å². The van der Waals surface area contributed by atoms with E-state index in [1.165, 1.54) is 46.1 Å². The van der Waals surface area contributed by atoms with Crippen molar-refractivity contribution in [1.82, 2.24) is 4.98 Å². The fraction of sp³-hybridized carbons (Fsp3) is 0.478. The number of aromatic hydroxyl groups is 1. The number of carboxylic acids is 1. The molecule has 1 saturated carbocycles. The van der Waals surface area contributed by atoms with Crippen LogP contribution in [-0.4, -0.2) is 21.2 Å². The number of carbonyl (C=O) groups is 1. The maximum Gasteiger partial charge on any atom is 0.335 e. The monoisotopic (exact) mass is 779 g/mol. The van der Waals surface area contributed by atoms with E-state index in [4.69, 9.17) is 10.1 Å². The number of para-hydroxylation sites is 2. The number of aromatic nitrogens is 1. The summed E-state index contributed by atoms with van der Waals surface area (Å²) >= 11 is 0. The largest absolute Gasteiger partial charge is 0.869 e. The van der Waals surface area contributed by atoms with Crippen molar-refractivity contribution in [2.24, 2.45) is 0 Å². The maximum atomic E-state index is 11.6. The molecule has 4 aromatic rings. The number of carboxylic acid groups (broad SMARTS) is 1. The molecule has 4 N–H and O–H groups in total. The molecule has 0 aliphatic heterocycles. The maximum absolute atomic E-state index is 11.6. The Hall–Kier alpha value is -4.01. The standard InChI is InChI=1S/C33H47N3.C13H16O4.Co/c1-20(2)26-14-11-15-27(21(3)4)32(26)34-24(9)30-18-13-19-31(36-30)25(10)35-33-28(22(5)6)16-12-17-29(33)23(7)8;14-10-7-6-9(8-4-2-1-3-5-8)11(12(10)15)13(16)17;/h11-25,34-35H,1-10H3;6-8,14-15H,1-5H2,(H,16,17);/p-1. The van der Waals surface area contributed by atoms with Crippen molar-refractivity contribution in [3.8, 4) is 11.5 Å². The second kappa shape index (κ2) is 20.1. The summed E-state index contributed by atoms with van der Waals surface area (Å²) in [5.74, 6) is -0.524. The number of hydrogen-bond acceptors (Lipinski definition) is 6. The molecule has 0 spiro atoms. The molecule has 1 aliphatic carbocycles. The molecule has 0 amide bonds. The second-order valence-electron chi connectivity index (χ2n) is 16.0. The molecule has 5 rings (SSSR count). The summed E-state index contributed by atoms with van der Waals surface area (Å²) in [6, 6.07) is 22.9. The third-order valence-corrected chi connectivity index (χ3v) is 10.6. The number of anilines is 2. The zero-order valence-corrected chi connectivity index (χ0v) is 35.0. The van der Waals surface area contributed by atoms with Crippen molar-refractivity contribution < 1.29 is 36.9 Å². The minimum atomic E-state index is -1.24. The number of nitrogens with one attached hydrogen (secondary N) is 2. The van der Waals surface area contributed by atoms with Crippen LogP contribution in [-0.2, 0) is 16.8 Å². The van der Waals surface area contributed by atoms with Gasteiger partial charge in [-0.15, -0.1) is 0 Å². The zero-order valence-electron chi connectivity index (χ0n) is 33.9. The van der Waals surface area contributed by atoms with E-state index >= 15 is 0 Å². The summed E-state index contributed by atoms with van der Waals surface area (Å²) in [7, 11) is 0. The molecule has 1 heterocycles. The van der Waals surface area contributed by atoms with E-state index in [9.17, 15) is 15.0 Å². The van der Waals surface area contributed by atoms with Gasteiger partial charge in [0.1, 0.15) is 5.75 Å². The van der Waals surface area contributed by atoms with Crippen molar-refractivity contribution in [1.29, 1.82) is 0 Å². The number of benzene rings is 3. The Bertz CT molecular complexity index is 1690. The molecule has 0 saturated heterocycles. The minimum absolute atomic E-state index is 0. The van der Waals surface area contributed by atoms with Gasteiger partial charge in [0.25, 0.3) is 0 Å². The Kier molecular flexibility index (Phi) is 16.5. The fourth-order valence-corrected chi connectivity index (χ4v) is 7.53. The van der Waals surface area contributed by atoms with E-state index in [2.05, 4.69) is 134 Å². The Morgan fingerprint density at radius 3 is 1.41 bits per heavy atom. The molecule has 7 nitrogen and oxygen atoms in total. The molecule has 2 unspecified atom stereocenters. The number of pyridine rings is 1. The predicted molar refractivity (Wildman–Crippen MR) is 218 cm³/mol. The van der Waals surface area contributed by atoms with E-state index in [0.717, 1.165) is 37.1 Å². The molecule has 1 radical (unpaired) electrons. The normalized spacial score (nSPS) is 14.3. The molecule has 1 fully saturated rings. The summed E-state index contributed by atoms with van der Waals surface area (Å²) in [6.45, 7) is 22.6. The van der Waals surface area contributed by atoms with Gasteiger partial charge in [-0.05, 0) is 102 Å². The van der Waals surface area contributed by atoms with Crippen molar-refractivity contribution >= 4 is 17.3 Å². The van der Waals surface area contributed by atoms with E-state index in [1.54, 1.807) is 6.07 Å². The SMILES string of the molecule is CC(C)c1cccc(C(C)C)c1NC(C)c1cccc(C(C)Nc2c(C(C)C)cccc2C(C)C)n1.O=C(O)c1c(C2CCCCC2)ccc(O)c1[O-].[Co]. The van der Waals surface area contributed by atoms with Gasteiger partial charge >= 0.3 is 5.97 Å². The van der Waals surface area contributed by atoms with E-state index in [-0.39, 0.29) is 40.3 Å². The summed E-state index contributed by atoms with van der Waals surface area (Å²) in [5, 5.41) is 37.7. The Morgan fingerprint density at radius 2 is 1.04 bits per heavy atom. The van der Waals surface area contributed by atoms with Crippen LogP contribution < -0.4 is 15.7 Å². The van der Waals surface area contributed by atoms with Crippen molar-refractivity contribution in [2.75, 3.05) is 10.6 Å². The summed E-state index contributed by atoms with van der Waals surface area (Å²) in [6.07, 6.45) is 5.15. The van der Waals surface area contributed by atoms with E-state index in [0.29, 0.717) is 29.2 Å². The molecule has 3 aromatic carbocycles. The Morgan fingerprint density at radius 1 is 0.648 bits per heavy atom. The van der Waals surface area contributed by atoms with Crippen LogP contribution in [0.5, 0.6) is 11.5 Å².